The molecule has 2 atom stereocenters. The number of nitrogens with two attached hydrogens (primary N) is 2. The molecule has 1 aliphatic rings. The van der Waals surface area contributed by atoms with Crippen LogP contribution in [0.1, 0.15) is 37.7 Å². The summed E-state index contributed by atoms with van der Waals surface area (Å²) in [7, 11) is 1.19. The molecule has 0 saturated carbocycles. The number of amides is 3. The van der Waals surface area contributed by atoms with Crippen LogP contribution in [0.2, 0.25) is 0 Å². The minimum atomic E-state index is -1.21. The fourth-order valence-corrected chi connectivity index (χ4v) is 4.14. The zero-order valence-electron chi connectivity index (χ0n) is 20.2. The maximum atomic E-state index is 14.5. The Bertz CT molecular complexity index is 1190. The molecule has 1 fully saturated rings. The number of halogens is 2. The Labute approximate surface area is 206 Å². The van der Waals surface area contributed by atoms with Crippen molar-refractivity contribution in [2.45, 2.75) is 45.1 Å². The van der Waals surface area contributed by atoms with E-state index in [1.807, 2.05) is 0 Å². The van der Waals surface area contributed by atoms with E-state index < -0.39 is 47.2 Å². The number of aromatic nitrogens is 1. The molecule has 2 unspecified atom stereocenters. The van der Waals surface area contributed by atoms with Crippen LogP contribution in [-0.4, -0.2) is 54.2 Å². The molecule has 194 valence electrons. The summed E-state index contributed by atoms with van der Waals surface area (Å²) in [6, 6.07) is 3.78. The van der Waals surface area contributed by atoms with Crippen molar-refractivity contribution in [3.05, 3.63) is 41.6 Å². The summed E-state index contributed by atoms with van der Waals surface area (Å²) in [5.74, 6) is -4.64. The van der Waals surface area contributed by atoms with Crippen LogP contribution < -0.4 is 31.7 Å². The van der Waals surface area contributed by atoms with Crippen molar-refractivity contribution in [2.75, 3.05) is 29.2 Å². The number of carbonyl (C=O) groups excluding carboxylic acids is 3. The molecule has 1 aromatic carbocycles. The molecule has 0 spiro atoms. The van der Waals surface area contributed by atoms with Gasteiger partial charge in [-0.3, -0.25) is 14.4 Å². The predicted octanol–water partition coefficient (Wildman–Crippen LogP) is 1.72. The third-order valence-electron chi connectivity index (χ3n) is 5.52. The van der Waals surface area contributed by atoms with Gasteiger partial charge in [0.05, 0.1) is 18.9 Å². The highest BCUT2D eigenvalue weighted by molar-refractivity contribution is 6.01. The van der Waals surface area contributed by atoms with Crippen molar-refractivity contribution >= 4 is 34.9 Å². The Morgan fingerprint density at radius 2 is 1.92 bits per heavy atom. The first kappa shape index (κ1) is 26.8. The number of carbonyl (C=O) groups is 3. The summed E-state index contributed by atoms with van der Waals surface area (Å²) in [5, 5.41) is 5.15. The highest BCUT2D eigenvalue weighted by atomic mass is 19.2. The average Bonchev–Trinajstić information content (AvgIpc) is 3.03. The van der Waals surface area contributed by atoms with Gasteiger partial charge in [-0.15, -0.1) is 0 Å². The number of benzene rings is 1. The summed E-state index contributed by atoms with van der Waals surface area (Å²) in [6.07, 6.45) is -0.680. The third kappa shape index (κ3) is 5.36. The molecule has 3 amide bonds. The fourth-order valence-electron chi connectivity index (χ4n) is 4.14. The van der Waals surface area contributed by atoms with Gasteiger partial charge in [0, 0.05) is 24.7 Å². The molecule has 3 rings (SSSR count). The zero-order valence-corrected chi connectivity index (χ0v) is 20.2. The predicted molar refractivity (Wildman–Crippen MR) is 127 cm³/mol. The topological polar surface area (TPSA) is 162 Å². The Morgan fingerprint density at radius 1 is 1.22 bits per heavy atom. The second kappa shape index (κ2) is 10.4. The number of nitrogens with one attached hydrogen (secondary N) is 2. The Morgan fingerprint density at radius 3 is 2.53 bits per heavy atom. The number of primary amides is 1. The van der Waals surface area contributed by atoms with E-state index in [9.17, 15) is 23.2 Å². The van der Waals surface area contributed by atoms with Crippen molar-refractivity contribution in [1.82, 2.24) is 4.98 Å². The summed E-state index contributed by atoms with van der Waals surface area (Å²) in [5.41, 5.74) is 9.63. The van der Waals surface area contributed by atoms with Gasteiger partial charge in [0.25, 0.3) is 5.91 Å². The second-order valence-corrected chi connectivity index (χ2v) is 8.56. The minimum absolute atomic E-state index is 0.0151. The number of hydrogen-bond acceptors (Lipinski definition) is 8. The maximum Gasteiger partial charge on any atom is 0.267 e. The summed E-state index contributed by atoms with van der Waals surface area (Å²) < 4.78 is 39.4. The zero-order chi connectivity index (χ0) is 26.8. The molecule has 1 saturated heterocycles. The van der Waals surface area contributed by atoms with Gasteiger partial charge in [-0.05, 0) is 39.0 Å². The van der Waals surface area contributed by atoms with Gasteiger partial charge in [0.15, 0.2) is 11.6 Å². The highest BCUT2D eigenvalue weighted by Gasteiger charge is 2.50. The van der Waals surface area contributed by atoms with E-state index >= 15 is 0 Å². The number of anilines is 3. The molecule has 0 aliphatic carbocycles. The van der Waals surface area contributed by atoms with Crippen molar-refractivity contribution in [2.24, 2.45) is 11.5 Å². The normalized spacial score (nSPS) is 18.6. The van der Waals surface area contributed by atoms with Crippen molar-refractivity contribution < 1.29 is 32.6 Å². The van der Waals surface area contributed by atoms with Crippen molar-refractivity contribution in [1.29, 1.82) is 0 Å². The van der Waals surface area contributed by atoms with Crippen molar-refractivity contribution in [3.8, 4) is 5.75 Å². The molecule has 13 heteroatoms. The van der Waals surface area contributed by atoms with E-state index in [1.54, 1.807) is 20.8 Å². The van der Waals surface area contributed by atoms with E-state index in [-0.39, 0.29) is 41.6 Å². The Balaban J connectivity index is 1.99. The van der Waals surface area contributed by atoms with Crippen LogP contribution in [0.25, 0.3) is 0 Å². The molecule has 1 aliphatic heterocycles. The first-order chi connectivity index (χ1) is 16.9. The lowest BCUT2D eigenvalue weighted by Crippen LogP contribution is -2.50. The molecule has 0 bridgehead atoms. The van der Waals surface area contributed by atoms with Gasteiger partial charge >= 0.3 is 0 Å². The lowest BCUT2D eigenvalue weighted by atomic mass is 10.1. The van der Waals surface area contributed by atoms with Crippen molar-refractivity contribution in [3.63, 3.8) is 0 Å². The number of pyridine rings is 1. The van der Waals surface area contributed by atoms with Gasteiger partial charge in [0.1, 0.15) is 23.3 Å². The van der Waals surface area contributed by atoms with Crippen LogP contribution in [0.5, 0.6) is 5.75 Å². The number of nitrogens with zero attached hydrogens (tertiary/aromatic N) is 2. The molecular formula is C23H28F2N6O5. The number of rotatable bonds is 8. The molecule has 6 N–H and O–H groups in total. The number of hydrogen-bond donors (Lipinski definition) is 4. The highest BCUT2D eigenvalue weighted by Crippen LogP contribution is 2.43. The molecular weight excluding hydrogens is 478 g/mol. The summed E-state index contributed by atoms with van der Waals surface area (Å²) >= 11 is 0. The molecule has 0 radical (unpaired) electrons. The van der Waals surface area contributed by atoms with Gasteiger partial charge < -0.3 is 36.5 Å². The third-order valence-corrected chi connectivity index (χ3v) is 5.52. The first-order valence-corrected chi connectivity index (χ1v) is 11.0. The van der Waals surface area contributed by atoms with E-state index in [4.69, 9.17) is 20.9 Å². The quantitative estimate of drug-likeness (QED) is 0.421. The van der Waals surface area contributed by atoms with Crippen LogP contribution >= 0.6 is 0 Å². The standard InChI is InChI=1S/C23H28F2N6O5/c1-11-19(31(23(2,3)36-11)15-6-5-13(24)18(25)20(15)35-4)22(34)28-12-9-14(21(27)33)29-16(10-12)30-17(32)7-8-26/h5-6,9-11,19H,7-8,26H2,1-4H3,(H2,27,33)(H2,28,29,30,32,34). The smallest absolute Gasteiger partial charge is 0.267 e. The van der Waals surface area contributed by atoms with Crippen LogP contribution in [0.3, 0.4) is 0 Å². The average molecular weight is 507 g/mol. The minimum Gasteiger partial charge on any atom is -0.491 e. The summed E-state index contributed by atoms with van der Waals surface area (Å²) in [6.45, 7) is 5.09. The van der Waals surface area contributed by atoms with E-state index in [2.05, 4.69) is 15.6 Å². The van der Waals surface area contributed by atoms with Gasteiger partial charge in [-0.25, -0.2) is 9.37 Å². The molecule has 2 heterocycles. The molecule has 1 aromatic heterocycles. The fraction of sp³-hybridized carbons (Fsp3) is 0.391. The van der Waals surface area contributed by atoms with Gasteiger partial charge in [0.2, 0.25) is 17.6 Å². The van der Waals surface area contributed by atoms with Crippen LogP contribution in [-0.2, 0) is 14.3 Å². The lowest BCUT2D eigenvalue weighted by molar-refractivity contribution is -0.118. The number of methoxy groups -OCH3 is 1. The van der Waals surface area contributed by atoms with Crippen LogP contribution in [0, 0.1) is 11.6 Å². The van der Waals surface area contributed by atoms with Gasteiger partial charge in [-0.2, -0.15) is 4.39 Å². The SMILES string of the molecule is COc1c(N2C(C(=O)Nc3cc(NC(=O)CCN)nc(C(N)=O)c3)C(C)OC2(C)C)ccc(F)c1F. The monoisotopic (exact) mass is 506 g/mol. The van der Waals surface area contributed by atoms with Crippen LogP contribution in [0.4, 0.5) is 26.0 Å². The second-order valence-electron chi connectivity index (χ2n) is 8.56. The summed E-state index contributed by atoms with van der Waals surface area (Å²) in [4.78, 5) is 42.6. The number of ether oxygens (including phenoxy) is 2. The van der Waals surface area contributed by atoms with Crippen LogP contribution in [0.15, 0.2) is 24.3 Å². The lowest BCUT2D eigenvalue weighted by Gasteiger charge is -2.36. The maximum absolute atomic E-state index is 14.5. The van der Waals surface area contributed by atoms with E-state index in [0.717, 1.165) is 6.07 Å². The first-order valence-electron chi connectivity index (χ1n) is 11.0. The Kier molecular flexibility index (Phi) is 7.74. The van der Waals surface area contributed by atoms with Gasteiger partial charge in [-0.1, -0.05) is 0 Å². The molecule has 11 nitrogen and oxygen atoms in total. The van der Waals surface area contributed by atoms with E-state index in [1.165, 1.54) is 30.2 Å². The Hall–Kier alpha value is -3.84. The molecule has 36 heavy (non-hydrogen) atoms. The largest absolute Gasteiger partial charge is 0.491 e. The molecule has 2 aromatic rings. The van der Waals surface area contributed by atoms with E-state index in [0.29, 0.717) is 0 Å².